The molecular weight excluding hydrogens is 650 g/mol. The van der Waals surface area contributed by atoms with Crippen molar-refractivity contribution in [3.8, 4) is 11.6 Å². The molecule has 0 aliphatic carbocycles. The van der Waals surface area contributed by atoms with Gasteiger partial charge in [-0.3, -0.25) is 18.7 Å². The van der Waals surface area contributed by atoms with Crippen molar-refractivity contribution < 1.29 is 33.0 Å². The van der Waals surface area contributed by atoms with Crippen LogP contribution in [-0.2, 0) is 32.6 Å². The number of amides is 2. The fraction of sp³-hybridized carbons (Fsp3) is 0.514. The molecule has 0 aliphatic heterocycles. The summed E-state index contributed by atoms with van der Waals surface area (Å²) in [4.78, 5) is 39.9. The molecule has 1 heterocycles. The summed E-state index contributed by atoms with van der Waals surface area (Å²) in [5.74, 6) is -1.40. The largest absolute Gasteiger partial charge is 0.497 e. The van der Waals surface area contributed by atoms with Crippen LogP contribution in [0, 0.1) is 17.8 Å². The molecule has 1 aromatic heterocycles. The van der Waals surface area contributed by atoms with Crippen LogP contribution in [0.5, 0.6) is 11.6 Å². The van der Waals surface area contributed by atoms with Crippen LogP contribution >= 0.6 is 0 Å². The SMILES string of the molecule is COc1ccc(S(=O)(=O)N(CC(C)C)C[C@@H](O)[C@H](Cc2ccccc2)NC(=O)[C@H](C(C)C)n2cc(O)n(CC(=O)NCC(C)C)c2=O)cc1. The number of ether oxygens (including phenoxy) is 1. The van der Waals surface area contributed by atoms with E-state index in [-0.39, 0.29) is 36.2 Å². The van der Waals surface area contributed by atoms with Gasteiger partial charge in [0.15, 0.2) is 0 Å². The third-order valence-corrected chi connectivity index (χ3v) is 9.78. The predicted molar refractivity (Wildman–Crippen MR) is 187 cm³/mol. The van der Waals surface area contributed by atoms with Crippen molar-refractivity contribution in [1.82, 2.24) is 24.1 Å². The lowest BCUT2D eigenvalue weighted by atomic mass is 9.98. The van der Waals surface area contributed by atoms with Gasteiger partial charge in [0.25, 0.3) is 0 Å². The highest BCUT2D eigenvalue weighted by molar-refractivity contribution is 7.89. The van der Waals surface area contributed by atoms with Gasteiger partial charge in [-0.25, -0.2) is 13.2 Å². The Morgan fingerprint density at radius 2 is 1.57 bits per heavy atom. The van der Waals surface area contributed by atoms with E-state index in [1.807, 2.05) is 58.0 Å². The highest BCUT2D eigenvalue weighted by Gasteiger charge is 2.34. The molecule has 0 bridgehead atoms. The van der Waals surface area contributed by atoms with Gasteiger partial charge in [-0.2, -0.15) is 4.31 Å². The van der Waals surface area contributed by atoms with E-state index >= 15 is 0 Å². The lowest BCUT2D eigenvalue weighted by molar-refractivity contribution is -0.127. The average Bonchev–Trinajstić information content (AvgIpc) is 3.31. The molecule has 3 rings (SSSR count). The standard InChI is InChI=1S/C35H51N5O8S/c1-23(2)18-36-31(42)21-39-32(43)22-40(35(39)45)33(25(5)6)34(44)37-29(17-26-11-9-8-10-12-26)30(41)20-38(19-24(3)4)49(46,47)28-15-13-27(48-7)14-16-28/h8-16,22-25,29-30,33,41,43H,17-21H2,1-7H3,(H,36,42)(H,37,44)/t29-,30+,33-/m0/s1. The summed E-state index contributed by atoms with van der Waals surface area (Å²) in [6, 6.07) is 13.0. The van der Waals surface area contributed by atoms with Gasteiger partial charge < -0.3 is 25.6 Å². The quantitative estimate of drug-likeness (QED) is 0.157. The number of rotatable bonds is 18. The molecule has 4 N–H and O–H groups in total. The Bertz CT molecular complexity index is 1680. The zero-order valence-electron chi connectivity index (χ0n) is 29.4. The van der Waals surface area contributed by atoms with Crippen LogP contribution in [0.1, 0.15) is 53.1 Å². The molecule has 3 atom stereocenters. The number of hydrogen-bond acceptors (Lipinski definition) is 8. The number of hydrogen-bond donors (Lipinski definition) is 4. The van der Waals surface area contributed by atoms with Crippen LogP contribution in [0.3, 0.4) is 0 Å². The van der Waals surface area contributed by atoms with E-state index in [2.05, 4.69) is 10.6 Å². The van der Waals surface area contributed by atoms with E-state index in [9.17, 15) is 33.0 Å². The van der Waals surface area contributed by atoms with E-state index in [0.717, 1.165) is 20.9 Å². The Hall–Kier alpha value is -4.14. The number of aliphatic hydroxyl groups excluding tert-OH is 1. The summed E-state index contributed by atoms with van der Waals surface area (Å²) >= 11 is 0. The third-order valence-electron chi connectivity index (χ3n) is 7.94. The zero-order chi connectivity index (χ0) is 36.5. The highest BCUT2D eigenvalue weighted by Crippen LogP contribution is 2.23. The first-order chi connectivity index (χ1) is 23.0. The van der Waals surface area contributed by atoms with Crippen LogP contribution in [0.25, 0.3) is 0 Å². The van der Waals surface area contributed by atoms with Crippen LogP contribution < -0.4 is 21.1 Å². The van der Waals surface area contributed by atoms with Crippen LogP contribution in [0.4, 0.5) is 0 Å². The molecule has 0 aliphatic rings. The van der Waals surface area contributed by atoms with Crippen molar-refractivity contribution in [1.29, 1.82) is 0 Å². The zero-order valence-corrected chi connectivity index (χ0v) is 30.2. The summed E-state index contributed by atoms with van der Waals surface area (Å²) in [7, 11) is -2.57. The normalized spacial score (nSPS) is 13.9. The lowest BCUT2D eigenvalue weighted by Gasteiger charge is -2.32. The first-order valence-electron chi connectivity index (χ1n) is 16.5. The van der Waals surface area contributed by atoms with Crippen LogP contribution in [0.15, 0.2) is 70.5 Å². The number of methoxy groups -OCH3 is 1. The van der Waals surface area contributed by atoms with E-state index in [1.54, 1.807) is 26.0 Å². The monoisotopic (exact) mass is 701 g/mol. The summed E-state index contributed by atoms with van der Waals surface area (Å²) in [5.41, 5.74) is 0.0367. The first kappa shape index (κ1) is 39.3. The lowest BCUT2D eigenvalue weighted by Crippen LogP contribution is -2.53. The van der Waals surface area contributed by atoms with Gasteiger partial charge in [-0.1, -0.05) is 71.9 Å². The topological polar surface area (TPSA) is 172 Å². The fourth-order valence-corrected chi connectivity index (χ4v) is 7.05. The molecule has 0 saturated heterocycles. The first-order valence-corrected chi connectivity index (χ1v) is 17.9. The Labute approximate surface area is 289 Å². The molecule has 0 spiro atoms. The maximum atomic E-state index is 14.0. The van der Waals surface area contributed by atoms with E-state index in [4.69, 9.17) is 4.74 Å². The summed E-state index contributed by atoms with van der Waals surface area (Å²) in [6.45, 7) is 10.8. The summed E-state index contributed by atoms with van der Waals surface area (Å²) in [5, 5.41) is 27.9. The second-order valence-corrected chi connectivity index (χ2v) is 15.4. The van der Waals surface area contributed by atoms with E-state index in [1.165, 1.54) is 23.5 Å². The molecule has 0 radical (unpaired) electrons. The van der Waals surface area contributed by atoms with Gasteiger partial charge in [-0.15, -0.1) is 0 Å². The number of carbonyl (C=O) groups is 2. The van der Waals surface area contributed by atoms with Crippen molar-refractivity contribution >= 4 is 21.8 Å². The minimum Gasteiger partial charge on any atom is -0.497 e. The highest BCUT2D eigenvalue weighted by atomic mass is 32.2. The number of carbonyl (C=O) groups excluding carboxylic acids is 2. The number of aromatic hydroxyl groups is 1. The maximum Gasteiger partial charge on any atom is 0.332 e. The number of aliphatic hydroxyl groups is 1. The number of sulfonamides is 1. The molecular formula is C35H51N5O8S. The summed E-state index contributed by atoms with van der Waals surface area (Å²) in [6.07, 6.45) is -0.0759. The molecule has 2 aromatic carbocycles. The Morgan fingerprint density at radius 3 is 2.12 bits per heavy atom. The number of imidazole rings is 1. The Morgan fingerprint density at radius 1 is 0.939 bits per heavy atom. The fourth-order valence-electron chi connectivity index (χ4n) is 5.43. The molecule has 0 saturated carbocycles. The predicted octanol–water partition coefficient (Wildman–Crippen LogP) is 2.77. The Balaban J connectivity index is 1.94. The molecule has 3 aromatic rings. The molecule has 0 fully saturated rings. The molecule has 49 heavy (non-hydrogen) atoms. The van der Waals surface area contributed by atoms with Gasteiger partial charge in [0.05, 0.1) is 30.3 Å². The van der Waals surface area contributed by atoms with Crippen molar-refractivity contribution in [2.24, 2.45) is 17.8 Å². The smallest absolute Gasteiger partial charge is 0.332 e. The van der Waals surface area contributed by atoms with Gasteiger partial charge in [0.1, 0.15) is 18.3 Å². The van der Waals surface area contributed by atoms with E-state index < -0.39 is 64.1 Å². The molecule has 14 heteroatoms. The minimum atomic E-state index is -4.05. The second kappa shape index (κ2) is 17.5. The van der Waals surface area contributed by atoms with Crippen molar-refractivity contribution in [3.63, 3.8) is 0 Å². The van der Waals surface area contributed by atoms with Gasteiger partial charge in [-0.05, 0) is 54.0 Å². The molecule has 270 valence electrons. The Kier molecular flexibility index (Phi) is 14.0. The van der Waals surface area contributed by atoms with Crippen molar-refractivity contribution in [2.75, 3.05) is 26.7 Å². The van der Waals surface area contributed by atoms with E-state index in [0.29, 0.717) is 12.3 Å². The average molecular weight is 702 g/mol. The number of benzene rings is 2. The van der Waals surface area contributed by atoms with Crippen LogP contribution in [0.2, 0.25) is 0 Å². The van der Waals surface area contributed by atoms with Gasteiger partial charge in [0.2, 0.25) is 27.7 Å². The molecule has 0 unspecified atom stereocenters. The summed E-state index contributed by atoms with van der Waals surface area (Å²) < 4.78 is 36.0. The van der Waals surface area contributed by atoms with Crippen LogP contribution in [-0.4, -0.2) is 82.8 Å². The number of nitrogens with zero attached hydrogens (tertiary/aromatic N) is 3. The van der Waals surface area contributed by atoms with Crippen molar-refractivity contribution in [2.45, 2.75) is 77.6 Å². The molecule has 13 nitrogen and oxygen atoms in total. The third kappa shape index (κ3) is 10.7. The number of aromatic nitrogens is 2. The van der Waals surface area contributed by atoms with Gasteiger partial charge >= 0.3 is 5.69 Å². The maximum absolute atomic E-state index is 14.0. The number of nitrogens with one attached hydrogen (secondary N) is 2. The molecule has 2 amide bonds. The second-order valence-electron chi connectivity index (χ2n) is 13.4. The van der Waals surface area contributed by atoms with Crippen molar-refractivity contribution in [3.05, 3.63) is 76.8 Å². The minimum absolute atomic E-state index is 0.0336. The van der Waals surface area contributed by atoms with Gasteiger partial charge in [0, 0.05) is 19.6 Å².